The van der Waals surface area contributed by atoms with Gasteiger partial charge in [-0.2, -0.15) is 0 Å². The average Bonchev–Trinajstić information content (AvgIpc) is 2.20. The van der Waals surface area contributed by atoms with Gasteiger partial charge in [0.05, 0.1) is 6.10 Å². The Hall–Kier alpha value is -1.16. The normalized spacial score (nSPS) is 25.4. The molecule has 16 heavy (non-hydrogen) atoms. The van der Waals surface area contributed by atoms with Crippen LogP contribution in [0.3, 0.4) is 0 Å². The summed E-state index contributed by atoms with van der Waals surface area (Å²) < 4.78 is 31.2. The fourth-order valence-corrected chi connectivity index (χ4v) is 1.99. The molecule has 1 aromatic rings. The quantitative estimate of drug-likeness (QED) is 0.843. The van der Waals surface area contributed by atoms with Crippen LogP contribution < -0.4 is 4.74 Å². The first-order valence-electron chi connectivity index (χ1n) is 5.46. The van der Waals surface area contributed by atoms with Crippen LogP contribution in [0.4, 0.5) is 8.78 Å². The Labute approximate surface area is 92.9 Å². The van der Waals surface area contributed by atoms with Crippen molar-refractivity contribution in [1.29, 1.82) is 0 Å². The van der Waals surface area contributed by atoms with E-state index in [2.05, 4.69) is 0 Å². The lowest BCUT2D eigenvalue weighted by Gasteiger charge is -2.28. The van der Waals surface area contributed by atoms with Crippen LogP contribution in [-0.2, 0) is 0 Å². The van der Waals surface area contributed by atoms with Gasteiger partial charge in [0.1, 0.15) is 23.5 Å². The fraction of sp³-hybridized carbons (Fsp3) is 0.500. The van der Waals surface area contributed by atoms with Gasteiger partial charge in [-0.3, -0.25) is 0 Å². The van der Waals surface area contributed by atoms with Gasteiger partial charge < -0.3 is 9.84 Å². The third-order valence-electron chi connectivity index (χ3n) is 2.79. The highest BCUT2D eigenvalue weighted by molar-refractivity contribution is 5.24. The second kappa shape index (κ2) is 4.78. The van der Waals surface area contributed by atoms with Crippen molar-refractivity contribution < 1.29 is 18.6 Å². The zero-order valence-corrected chi connectivity index (χ0v) is 8.83. The first-order chi connectivity index (χ1) is 7.65. The molecule has 0 radical (unpaired) electrons. The topological polar surface area (TPSA) is 29.5 Å². The molecule has 0 heterocycles. The molecule has 0 aromatic heterocycles. The molecule has 0 aliphatic heterocycles. The second-order valence-electron chi connectivity index (χ2n) is 4.11. The van der Waals surface area contributed by atoms with Crippen LogP contribution in [0.2, 0.25) is 0 Å². The summed E-state index contributed by atoms with van der Waals surface area (Å²) in [6.07, 6.45) is 2.45. The van der Waals surface area contributed by atoms with E-state index < -0.39 is 17.7 Å². The smallest absolute Gasteiger partial charge is 0.129 e. The van der Waals surface area contributed by atoms with Gasteiger partial charge in [-0.05, 0) is 19.3 Å². The molecule has 0 spiro atoms. The Morgan fingerprint density at radius 3 is 2.31 bits per heavy atom. The average molecular weight is 228 g/mol. The van der Waals surface area contributed by atoms with Crippen molar-refractivity contribution in [2.75, 3.05) is 0 Å². The number of hydrogen-bond donors (Lipinski definition) is 1. The number of ether oxygens (including phenoxy) is 1. The van der Waals surface area contributed by atoms with Crippen molar-refractivity contribution >= 4 is 0 Å². The van der Waals surface area contributed by atoms with Gasteiger partial charge in [-0.1, -0.05) is 6.42 Å². The van der Waals surface area contributed by atoms with Gasteiger partial charge in [-0.25, -0.2) is 8.78 Å². The number of benzene rings is 1. The van der Waals surface area contributed by atoms with Crippen LogP contribution in [0.25, 0.3) is 0 Å². The molecule has 1 aliphatic carbocycles. The number of rotatable bonds is 2. The molecule has 2 unspecified atom stereocenters. The van der Waals surface area contributed by atoms with Crippen LogP contribution >= 0.6 is 0 Å². The fourth-order valence-electron chi connectivity index (χ4n) is 1.99. The summed E-state index contributed by atoms with van der Waals surface area (Å²) in [4.78, 5) is 0. The standard InChI is InChI=1S/C12H14F2O2/c13-8-5-9(14)7-10(6-8)16-12-4-2-1-3-11(12)15/h5-7,11-12,15H,1-4H2. The van der Waals surface area contributed by atoms with Crippen molar-refractivity contribution in [1.82, 2.24) is 0 Å². The lowest BCUT2D eigenvalue weighted by Crippen LogP contribution is -2.34. The monoisotopic (exact) mass is 228 g/mol. The Kier molecular flexibility index (Phi) is 3.39. The maximum Gasteiger partial charge on any atom is 0.129 e. The predicted molar refractivity (Wildman–Crippen MR) is 55.2 cm³/mol. The summed E-state index contributed by atoms with van der Waals surface area (Å²) in [7, 11) is 0. The summed E-state index contributed by atoms with van der Waals surface area (Å²) in [5.74, 6) is -1.19. The molecule has 0 amide bonds. The van der Waals surface area contributed by atoms with Crippen molar-refractivity contribution in [3.8, 4) is 5.75 Å². The molecule has 4 heteroatoms. The summed E-state index contributed by atoms with van der Waals surface area (Å²) >= 11 is 0. The van der Waals surface area contributed by atoms with Crippen LogP contribution in [-0.4, -0.2) is 17.3 Å². The van der Waals surface area contributed by atoms with Crippen molar-refractivity contribution in [3.05, 3.63) is 29.8 Å². The third kappa shape index (κ3) is 2.70. The van der Waals surface area contributed by atoms with Gasteiger partial charge in [0, 0.05) is 18.2 Å². The molecule has 2 nitrogen and oxygen atoms in total. The lowest BCUT2D eigenvalue weighted by atomic mass is 9.95. The Morgan fingerprint density at radius 2 is 1.69 bits per heavy atom. The van der Waals surface area contributed by atoms with E-state index in [9.17, 15) is 13.9 Å². The highest BCUT2D eigenvalue weighted by atomic mass is 19.1. The van der Waals surface area contributed by atoms with Crippen molar-refractivity contribution in [3.63, 3.8) is 0 Å². The van der Waals surface area contributed by atoms with Gasteiger partial charge in [0.2, 0.25) is 0 Å². The Balaban J connectivity index is 2.07. The highest BCUT2D eigenvalue weighted by Gasteiger charge is 2.24. The molecule has 1 aliphatic rings. The van der Waals surface area contributed by atoms with E-state index in [1.807, 2.05) is 0 Å². The Morgan fingerprint density at radius 1 is 1.06 bits per heavy atom. The van der Waals surface area contributed by atoms with E-state index in [4.69, 9.17) is 4.74 Å². The van der Waals surface area contributed by atoms with E-state index in [1.165, 1.54) is 0 Å². The van der Waals surface area contributed by atoms with Gasteiger partial charge in [-0.15, -0.1) is 0 Å². The number of aliphatic hydroxyl groups is 1. The number of halogens is 2. The Bertz CT molecular complexity index is 348. The van der Waals surface area contributed by atoms with Gasteiger partial charge in [0.25, 0.3) is 0 Å². The van der Waals surface area contributed by atoms with E-state index >= 15 is 0 Å². The lowest BCUT2D eigenvalue weighted by molar-refractivity contribution is 0.00657. The minimum absolute atomic E-state index is 0.142. The van der Waals surface area contributed by atoms with E-state index in [-0.39, 0.29) is 11.9 Å². The molecule has 1 fully saturated rings. The summed E-state index contributed by atoms with van der Waals surface area (Å²) in [5, 5.41) is 9.66. The molecule has 2 atom stereocenters. The zero-order valence-electron chi connectivity index (χ0n) is 8.83. The van der Waals surface area contributed by atoms with Gasteiger partial charge >= 0.3 is 0 Å². The molecule has 0 bridgehead atoms. The summed E-state index contributed by atoms with van der Waals surface area (Å²) in [6.45, 7) is 0. The first-order valence-corrected chi connectivity index (χ1v) is 5.46. The third-order valence-corrected chi connectivity index (χ3v) is 2.79. The minimum atomic E-state index is -0.666. The molecule has 1 saturated carbocycles. The largest absolute Gasteiger partial charge is 0.488 e. The minimum Gasteiger partial charge on any atom is -0.488 e. The van der Waals surface area contributed by atoms with Crippen LogP contribution in [0.5, 0.6) is 5.75 Å². The molecule has 2 rings (SSSR count). The SMILES string of the molecule is OC1CCCCC1Oc1cc(F)cc(F)c1. The van der Waals surface area contributed by atoms with Gasteiger partial charge in [0.15, 0.2) is 0 Å². The number of hydrogen-bond acceptors (Lipinski definition) is 2. The van der Waals surface area contributed by atoms with Crippen LogP contribution in [0.15, 0.2) is 18.2 Å². The van der Waals surface area contributed by atoms with E-state index in [1.54, 1.807) is 0 Å². The highest BCUT2D eigenvalue weighted by Crippen LogP contribution is 2.24. The predicted octanol–water partition coefficient (Wildman–Crippen LogP) is 2.65. The maximum atomic E-state index is 12.9. The summed E-state index contributed by atoms with van der Waals surface area (Å²) in [5.41, 5.74) is 0. The molecule has 1 N–H and O–H groups in total. The zero-order chi connectivity index (χ0) is 11.5. The van der Waals surface area contributed by atoms with Crippen molar-refractivity contribution in [2.24, 2.45) is 0 Å². The molecule has 0 saturated heterocycles. The molecule has 88 valence electrons. The first kappa shape index (κ1) is 11.3. The summed E-state index contributed by atoms with van der Waals surface area (Å²) in [6, 6.07) is 3.05. The molecular formula is C12H14F2O2. The van der Waals surface area contributed by atoms with Crippen LogP contribution in [0.1, 0.15) is 25.7 Å². The van der Waals surface area contributed by atoms with E-state index in [0.29, 0.717) is 6.42 Å². The number of aliphatic hydroxyl groups excluding tert-OH is 1. The van der Waals surface area contributed by atoms with E-state index in [0.717, 1.165) is 37.5 Å². The molecular weight excluding hydrogens is 214 g/mol. The van der Waals surface area contributed by atoms with Crippen LogP contribution in [0, 0.1) is 11.6 Å². The van der Waals surface area contributed by atoms with Crippen molar-refractivity contribution in [2.45, 2.75) is 37.9 Å². The molecule has 1 aromatic carbocycles. The maximum absolute atomic E-state index is 12.9. The second-order valence-corrected chi connectivity index (χ2v) is 4.11.